The number of hydrogen-bond acceptors (Lipinski definition) is 3. The molecule has 3 heterocycles. The predicted molar refractivity (Wildman–Crippen MR) is 77.6 cm³/mol. The fourth-order valence-electron chi connectivity index (χ4n) is 2.94. The summed E-state index contributed by atoms with van der Waals surface area (Å²) >= 11 is 0. The Morgan fingerprint density at radius 3 is 3.20 bits per heavy atom. The Hall–Kier alpha value is -1.88. The topological polar surface area (TPSA) is 49.6 Å². The van der Waals surface area contributed by atoms with Crippen molar-refractivity contribution in [1.82, 2.24) is 19.6 Å². The van der Waals surface area contributed by atoms with Gasteiger partial charge in [-0.1, -0.05) is 6.07 Å². The van der Waals surface area contributed by atoms with Gasteiger partial charge in [-0.25, -0.2) is 4.98 Å². The van der Waals surface area contributed by atoms with Gasteiger partial charge < -0.3 is 14.6 Å². The first-order chi connectivity index (χ1) is 9.78. The molecule has 0 saturated carbocycles. The van der Waals surface area contributed by atoms with Crippen LogP contribution in [0, 0.1) is 0 Å². The predicted octanol–water partition coefficient (Wildman–Crippen LogP) is 1.09. The molecule has 0 aromatic carbocycles. The van der Waals surface area contributed by atoms with Gasteiger partial charge in [0.25, 0.3) is 0 Å². The van der Waals surface area contributed by atoms with Gasteiger partial charge in [0.15, 0.2) is 0 Å². The molecule has 0 bridgehead atoms. The number of nitrogens with one attached hydrogen (secondary N) is 1. The van der Waals surface area contributed by atoms with Crippen molar-refractivity contribution in [2.75, 3.05) is 20.1 Å². The summed E-state index contributed by atoms with van der Waals surface area (Å²) in [6.45, 7) is 1.75. The zero-order valence-electron chi connectivity index (χ0n) is 11.7. The van der Waals surface area contributed by atoms with E-state index < -0.39 is 0 Å². The van der Waals surface area contributed by atoms with Gasteiger partial charge in [0.05, 0.1) is 12.1 Å². The van der Waals surface area contributed by atoms with Crippen molar-refractivity contribution in [3.05, 3.63) is 36.3 Å². The Morgan fingerprint density at radius 2 is 2.40 bits per heavy atom. The highest BCUT2D eigenvalue weighted by molar-refractivity contribution is 5.79. The van der Waals surface area contributed by atoms with Gasteiger partial charge in [0, 0.05) is 31.5 Å². The minimum atomic E-state index is 0.186. The molecule has 0 unspecified atom stereocenters. The second kappa shape index (κ2) is 5.63. The molecule has 1 fully saturated rings. The van der Waals surface area contributed by atoms with Gasteiger partial charge in [-0.05, 0) is 32.0 Å². The molecule has 1 aliphatic heterocycles. The Balaban J connectivity index is 1.71. The van der Waals surface area contributed by atoms with Crippen LogP contribution in [-0.2, 0) is 11.2 Å². The zero-order chi connectivity index (χ0) is 13.9. The van der Waals surface area contributed by atoms with E-state index in [2.05, 4.69) is 10.3 Å². The lowest BCUT2D eigenvalue weighted by Crippen LogP contribution is -2.41. The van der Waals surface area contributed by atoms with Crippen molar-refractivity contribution in [3.63, 3.8) is 0 Å². The molecule has 1 N–H and O–H groups in total. The van der Waals surface area contributed by atoms with Gasteiger partial charge in [0.1, 0.15) is 5.65 Å². The van der Waals surface area contributed by atoms with Crippen LogP contribution in [-0.4, -0.2) is 46.4 Å². The van der Waals surface area contributed by atoms with Crippen molar-refractivity contribution >= 4 is 11.6 Å². The van der Waals surface area contributed by atoms with Crippen LogP contribution in [0.2, 0.25) is 0 Å². The summed E-state index contributed by atoms with van der Waals surface area (Å²) in [6, 6.07) is 6.21. The lowest BCUT2D eigenvalue weighted by atomic mass is 10.2. The lowest BCUT2D eigenvalue weighted by Gasteiger charge is -2.24. The van der Waals surface area contributed by atoms with Crippen LogP contribution < -0.4 is 5.32 Å². The van der Waals surface area contributed by atoms with Crippen LogP contribution in [0.5, 0.6) is 0 Å². The van der Waals surface area contributed by atoms with E-state index in [0.717, 1.165) is 37.3 Å². The standard InChI is InChI=1S/C15H20N4O/c1-16-10-13-5-4-8-19(13)15(20)9-12-11-18-7-3-2-6-14(18)17-12/h2-3,6-7,11,13,16H,4-5,8-10H2,1H3/t13-/m0/s1. The molecule has 20 heavy (non-hydrogen) atoms. The largest absolute Gasteiger partial charge is 0.338 e. The highest BCUT2D eigenvalue weighted by Gasteiger charge is 2.28. The molecule has 1 amide bonds. The van der Waals surface area contributed by atoms with Crippen LogP contribution in [0.15, 0.2) is 30.6 Å². The molecule has 0 aliphatic carbocycles. The minimum absolute atomic E-state index is 0.186. The van der Waals surface area contributed by atoms with Crippen molar-refractivity contribution < 1.29 is 4.79 Å². The fourth-order valence-corrected chi connectivity index (χ4v) is 2.94. The fraction of sp³-hybridized carbons (Fsp3) is 0.467. The number of hydrogen-bond donors (Lipinski definition) is 1. The maximum Gasteiger partial charge on any atom is 0.228 e. The first kappa shape index (κ1) is 13.1. The highest BCUT2D eigenvalue weighted by atomic mass is 16.2. The molecule has 1 aliphatic rings. The summed E-state index contributed by atoms with van der Waals surface area (Å²) in [4.78, 5) is 18.9. The molecule has 2 aromatic heterocycles. The molecule has 5 nitrogen and oxygen atoms in total. The summed E-state index contributed by atoms with van der Waals surface area (Å²) in [5.41, 5.74) is 1.74. The van der Waals surface area contributed by atoms with Gasteiger partial charge in [-0.15, -0.1) is 0 Å². The number of fused-ring (bicyclic) bond motifs is 1. The number of imidazole rings is 1. The van der Waals surface area contributed by atoms with Gasteiger partial charge in [0.2, 0.25) is 5.91 Å². The maximum atomic E-state index is 12.4. The van der Waals surface area contributed by atoms with E-state index in [1.807, 2.05) is 46.9 Å². The van der Waals surface area contributed by atoms with Crippen molar-refractivity contribution in [3.8, 4) is 0 Å². The molecule has 106 valence electrons. The third kappa shape index (κ3) is 2.54. The molecular weight excluding hydrogens is 252 g/mol. The smallest absolute Gasteiger partial charge is 0.228 e. The minimum Gasteiger partial charge on any atom is -0.338 e. The first-order valence-corrected chi connectivity index (χ1v) is 7.14. The van der Waals surface area contributed by atoms with Crippen LogP contribution in [0.3, 0.4) is 0 Å². The Morgan fingerprint density at radius 1 is 1.50 bits per heavy atom. The van der Waals surface area contributed by atoms with Crippen LogP contribution >= 0.6 is 0 Å². The zero-order valence-corrected chi connectivity index (χ0v) is 11.7. The highest BCUT2D eigenvalue weighted by Crippen LogP contribution is 2.18. The molecule has 1 saturated heterocycles. The van der Waals surface area contributed by atoms with E-state index in [1.165, 1.54) is 0 Å². The number of pyridine rings is 1. The van der Waals surface area contributed by atoms with Crippen molar-refractivity contribution in [2.45, 2.75) is 25.3 Å². The second-order valence-corrected chi connectivity index (χ2v) is 5.32. The Kier molecular flexibility index (Phi) is 3.69. The van der Waals surface area contributed by atoms with Crippen LogP contribution in [0.4, 0.5) is 0 Å². The number of nitrogens with zero attached hydrogens (tertiary/aromatic N) is 3. The molecule has 5 heteroatoms. The molecular formula is C15H20N4O. The van der Waals surface area contributed by atoms with E-state index in [1.54, 1.807) is 0 Å². The van der Waals surface area contributed by atoms with Gasteiger partial charge in [-0.3, -0.25) is 4.79 Å². The SMILES string of the molecule is CNC[C@@H]1CCCN1C(=O)Cc1cn2ccccc2n1. The Labute approximate surface area is 118 Å². The van der Waals surface area contributed by atoms with E-state index in [9.17, 15) is 4.79 Å². The number of rotatable bonds is 4. The molecule has 3 rings (SSSR count). The van der Waals surface area contributed by atoms with E-state index >= 15 is 0 Å². The average Bonchev–Trinajstić information content (AvgIpc) is 3.04. The summed E-state index contributed by atoms with van der Waals surface area (Å²) in [6.07, 6.45) is 6.48. The number of carbonyl (C=O) groups is 1. The van der Waals surface area contributed by atoms with E-state index in [4.69, 9.17) is 0 Å². The van der Waals surface area contributed by atoms with Crippen molar-refractivity contribution in [2.24, 2.45) is 0 Å². The lowest BCUT2D eigenvalue weighted by molar-refractivity contribution is -0.131. The Bertz CT molecular complexity index is 574. The monoisotopic (exact) mass is 272 g/mol. The second-order valence-electron chi connectivity index (χ2n) is 5.32. The van der Waals surface area contributed by atoms with Crippen LogP contribution in [0.25, 0.3) is 5.65 Å². The van der Waals surface area contributed by atoms with Gasteiger partial charge in [-0.2, -0.15) is 0 Å². The summed E-state index contributed by atoms with van der Waals surface area (Å²) in [5.74, 6) is 0.186. The third-order valence-electron chi connectivity index (χ3n) is 3.88. The van der Waals surface area contributed by atoms with Crippen LogP contribution in [0.1, 0.15) is 18.5 Å². The van der Waals surface area contributed by atoms with E-state index in [-0.39, 0.29) is 5.91 Å². The number of likely N-dealkylation sites (tertiary alicyclic amines) is 1. The number of amides is 1. The third-order valence-corrected chi connectivity index (χ3v) is 3.88. The summed E-state index contributed by atoms with van der Waals surface area (Å²) in [7, 11) is 1.93. The average molecular weight is 272 g/mol. The van der Waals surface area contributed by atoms with E-state index in [0.29, 0.717) is 12.5 Å². The maximum absolute atomic E-state index is 12.4. The molecule has 0 spiro atoms. The quantitative estimate of drug-likeness (QED) is 0.906. The number of carbonyl (C=O) groups excluding carboxylic acids is 1. The summed E-state index contributed by atoms with van der Waals surface area (Å²) < 4.78 is 1.96. The van der Waals surface area contributed by atoms with Gasteiger partial charge >= 0.3 is 0 Å². The first-order valence-electron chi connectivity index (χ1n) is 7.14. The molecule has 2 aromatic rings. The molecule has 0 radical (unpaired) electrons. The summed E-state index contributed by atoms with van der Waals surface area (Å²) in [5, 5.41) is 3.17. The van der Waals surface area contributed by atoms with Crippen molar-refractivity contribution in [1.29, 1.82) is 0 Å². The number of aromatic nitrogens is 2. The number of likely N-dealkylation sites (N-methyl/N-ethyl adjacent to an activating group) is 1. The molecule has 1 atom stereocenters. The normalized spacial score (nSPS) is 18.9.